The Morgan fingerprint density at radius 1 is 1.22 bits per heavy atom. The normalized spacial score (nSPS) is 11.7. The van der Waals surface area contributed by atoms with Gasteiger partial charge in [0.25, 0.3) is 0 Å². The molecule has 1 atom stereocenters. The molecule has 0 spiro atoms. The summed E-state index contributed by atoms with van der Waals surface area (Å²) in [6.07, 6.45) is 4.25. The highest BCUT2D eigenvalue weighted by molar-refractivity contribution is 5.87. The number of rotatable bonds is 10. The predicted molar refractivity (Wildman–Crippen MR) is 69.1 cm³/mol. The van der Waals surface area contributed by atoms with Gasteiger partial charge in [-0.15, -0.1) is 0 Å². The van der Waals surface area contributed by atoms with Crippen LogP contribution in [0.1, 0.15) is 52.4 Å². The molecule has 0 bridgehead atoms. The Hall–Kier alpha value is -1.45. The van der Waals surface area contributed by atoms with E-state index in [4.69, 9.17) is 4.74 Å². The summed E-state index contributed by atoms with van der Waals surface area (Å²) >= 11 is 0. The van der Waals surface area contributed by atoms with Gasteiger partial charge in [-0.25, -0.2) is 4.79 Å². The number of hydrogen-bond acceptors (Lipinski definition) is 4. The summed E-state index contributed by atoms with van der Waals surface area (Å²) in [5.41, 5.74) is 0. The van der Waals surface area contributed by atoms with Crippen LogP contribution in [0.25, 0.3) is 0 Å². The van der Waals surface area contributed by atoms with Crippen molar-refractivity contribution in [1.29, 1.82) is 0 Å². The van der Waals surface area contributed by atoms with E-state index in [9.17, 15) is 14.4 Å². The van der Waals surface area contributed by atoms with Gasteiger partial charge in [0.15, 0.2) is 11.9 Å². The van der Waals surface area contributed by atoms with E-state index < -0.39 is 12.1 Å². The molecule has 4 nitrogen and oxygen atoms in total. The summed E-state index contributed by atoms with van der Waals surface area (Å²) in [5.74, 6) is -0.760. The third-order valence-electron chi connectivity index (χ3n) is 2.62. The molecule has 0 saturated carbocycles. The summed E-state index contributed by atoms with van der Waals surface area (Å²) in [5, 5.41) is 0. The van der Waals surface area contributed by atoms with Crippen LogP contribution in [-0.4, -0.2) is 23.6 Å². The lowest BCUT2D eigenvalue weighted by Gasteiger charge is -2.13. The van der Waals surface area contributed by atoms with Crippen LogP contribution in [0.2, 0.25) is 0 Å². The Morgan fingerprint density at radius 3 is 2.39 bits per heavy atom. The zero-order chi connectivity index (χ0) is 14.0. The van der Waals surface area contributed by atoms with Gasteiger partial charge >= 0.3 is 5.97 Å². The molecule has 4 heteroatoms. The Labute approximate surface area is 108 Å². The van der Waals surface area contributed by atoms with Gasteiger partial charge in [0.1, 0.15) is 5.78 Å². The smallest absolute Gasteiger partial charge is 0.330 e. The molecule has 0 fully saturated rings. The maximum atomic E-state index is 11.5. The maximum absolute atomic E-state index is 11.5. The van der Waals surface area contributed by atoms with Crippen molar-refractivity contribution in [2.45, 2.75) is 58.5 Å². The molecule has 0 amide bonds. The quantitative estimate of drug-likeness (QED) is 0.341. The fourth-order valence-corrected chi connectivity index (χ4v) is 1.52. The molecule has 1 unspecified atom stereocenters. The number of ether oxygens (including phenoxy) is 1. The van der Waals surface area contributed by atoms with Gasteiger partial charge in [-0.2, -0.15) is 0 Å². The Bertz CT molecular complexity index is 307. The van der Waals surface area contributed by atoms with Crippen molar-refractivity contribution in [1.82, 2.24) is 0 Å². The van der Waals surface area contributed by atoms with Crippen molar-refractivity contribution in [3.05, 3.63) is 12.7 Å². The molecule has 102 valence electrons. The minimum Gasteiger partial charge on any atom is -0.451 e. The summed E-state index contributed by atoms with van der Waals surface area (Å²) in [7, 11) is 0. The maximum Gasteiger partial charge on any atom is 0.330 e. The summed E-state index contributed by atoms with van der Waals surface area (Å²) in [6, 6.07) is 0. The fourth-order valence-electron chi connectivity index (χ4n) is 1.52. The van der Waals surface area contributed by atoms with Crippen LogP contribution in [0.4, 0.5) is 0 Å². The van der Waals surface area contributed by atoms with Crippen LogP contribution in [0.5, 0.6) is 0 Å². The second-order valence-corrected chi connectivity index (χ2v) is 4.27. The molecule has 0 aliphatic carbocycles. The second-order valence-electron chi connectivity index (χ2n) is 4.27. The third-order valence-corrected chi connectivity index (χ3v) is 2.62. The van der Waals surface area contributed by atoms with E-state index in [2.05, 4.69) is 13.5 Å². The molecular weight excluding hydrogens is 232 g/mol. The molecule has 0 aromatic rings. The lowest BCUT2D eigenvalue weighted by atomic mass is 10.0. The van der Waals surface area contributed by atoms with E-state index in [1.54, 1.807) is 0 Å². The van der Waals surface area contributed by atoms with Crippen molar-refractivity contribution in [2.24, 2.45) is 0 Å². The number of unbranched alkanes of at least 4 members (excludes halogenated alkanes) is 2. The van der Waals surface area contributed by atoms with Crippen LogP contribution in [0.15, 0.2) is 12.7 Å². The Kier molecular flexibility index (Phi) is 8.80. The molecule has 0 heterocycles. The molecule has 0 aromatic heterocycles. The van der Waals surface area contributed by atoms with Gasteiger partial charge in [-0.1, -0.05) is 26.3 Å². The van der Waals surface area contributed by atoms with Gasteiger partial charge in [0.05, 0.1) is 0 Å². The van der Waals surface area contributed by atoms with Crippen molar-refractivity contribution in [3.8, 4) is 0 Å². The van der Waals surface area contributed by atoms with Crippen molar-refractivity contribution < 1.29 is 19.1 Å². The first-order valence-electron chi connectivity index (χ1n) is 6.36. The van der Waals surface area contributed by atoms with E-state index in [0.717, 1.165) is 25.3 Å². The molecule has 0 rings (SSSR count). The number of carbonyl (C=O) groups excluding carboxylic acids is 3. The van der Waals surface area contributed by atoms with Crippen molar-refractivity contribution >= 4 is 17.5 Å². The first-order chi connectivity index (χ1) is 8.51. The van der Waals surface area contributed by atoms with Crippen molar-refractivity contribution in [2.75, 3.05) is 0 Å². The van der Waals surface area contributed by atoms with E-state index in [-0.39, 0.29) is 24.4 Å². The highest BCUT2D eigenvalue weighted by Gasteiger charge is 2.19. The van der Waals surface area contributed by atoms with E-state index >= 15 is 0 Å². The lowest BCUT2D eigenvalue weighted by Crippen LogP contribution is -2.25. The Balaban J connectivity index is 4.03. The molecule has 18 heavy (non-hydrogen) atoms. The van der Waals surface area contributed by atoms with Gasteiger partial charge in [-0.05, 0) is 19.8 Å². The average molecular weight is 254 g/mol. The first-order valence-corrected chi connectivity index (χ1v) is 6.36. The largest absolute Gasteiger partial charge is 0.451 e. The van der Waals surface area contributed by atoms with Crippen LogP contribution in [0, 0.1) is 0 Å². The Morgan fingerprint density at radius 2 is 1.89 bits per heavy atom. The van der Waals surface area contributed by atoms with Gasteiger partial charge in [0, 0.05) is 18.9 Å². The molecule has 0 radical (unpaired) electrons. The number of Topliss-reactive ketones (excluding diaryl/α,β-unsaturated/α-hetero) is 2. The number of carbonyl (C=O) groups is 3. The second kappa shape index (κ2) is 9.57. The fraction of sp³-hybridized carbons (Fsp3) is 0.643. The summed E-state index contributed by atoms with van der Waals surface area (Å²) < 4.78 is 4.88. The van der Waals surface area contributed by atoms with Crippen molar-refractivity contribution in [3.63, 3.8) is 0 Å². The van der Waals surface area contributed by atoms with E-state index in [1.807, 2.05) is 0 Å². The molecule has 0 aromatic carbocycles. The topological polar surface area (TPSA) is 60.4 Å². The standard InChI is InChI=1S/C14H22O4/c1-4-6-7-8-12(16)9-10-13(11(3)15)18-14(17)5-2/h5,13H,2,4,6-10H2,1,3H3. The lowest BCUT2D eigenvalue weighted by molar-refractivity contribution is -0.150. The van der Waals surface area contributed by atoms with Crippen LogP contribution in [0.3, 0.4) is 0 Å². The minimum absolute atomic E-state index is 0.115. The first kappa shape index (κ1) is 16.6. The molecule has 0 N–H and O–H groups in total. The monoisotopic (exact) mass is 254 g/mol. The summed E-state index contributed by atoms with van der Waals surface area (Å²) in [6.45, 7) is 6.69. The average Bonchev–Trinajstić information content (AvgIpc) is 2.34. The molecule has 0 saturated heterocycles. The molecule has 0 aliphatic heterocycles. The highest BCUT2D eigenvalue weighted by atomic mass is 16.5. The summed E-state index contributed by atoms with van der Waals surface area (Å²) in [4.78, 5) is 33.8. The van der Waals surface area contributed by atoms with Gasteiger partial charge in [-0.3, -0.25) is 9.59 Å². The highest BCUT2D eigenvalue weighted by Crippen LogP contribution is 2.09. The number of hydrogen-bond donors (Lipinski definition) is 0. The molecule has 0 aliphatic rings. The zero-order valence-electron chi connectivity index (χ0n) is 11.2. The van der Waals surface area contributed by atoms with E-state index in [1.165, 1.54) is 6.92 Å². The minimum atomic E-state index is -0.828. The van der Waals surface area contributed by atoms with Crippen LogP contribution in [-0.2, 0) is 19.1 Å². The van der Waals surface area contributed by atoms with Gasteiger partial charge < -0.3 is 4.74 Å². The van der Waals surface area contributed by atoms with Crippen LogP contribution >= 0.6 is 0 Å². The zero-order valence-corrected chi connectivity index (χ0v) is 11.2. The van der Waals surface area contributed by atoms with E-state index in [0.29, 0.717) is 6.42 Å². The van der Waals surface area contributed by atoms with Crippen LogP contribution < -0.4 is 0 Å². The predicted octanol–water partition coefficient (Wildman–Crippen LogP) is 2.60. The molecular formula is C14H22O4. The number of esters is 1. The number of ketones is 2. The SMILES string of the molecule is C=CC(=O)OC(CCC(=O)CCCCC)C(C)=O. The van der Waals surface area contributed by atoms with Gasteiger partial charge in [0.2, 0.25) is 0 Å². The third kappa shape index (κ3) is 7.76.